The van der Waals surface area contributed by atoms with Crippen LogP contribution in [-0.2, 0) is 19.1 Å². The van der Waals surface area contributed by atoms with Gasteiger partial charge in [0.1, 0.15) is 24.9 Å². The minimum Gasteiger partial charge on any atom is -0.450 e. The molecule has 1 fully saturated rings. The quantitative estimate of drug-likeness (QED) is 0.123. The van der Waals surface area contributed by atoms with Gasteiger partial charge in [-0.1, -0.05) is 13.8 Å². The Balaban J connectivity index is 2.69. The molecular formula is C18H32N6O8. The van der Waals surface area contributed by atoms with Crippen LogP contribution in [0.3, 0.4) is 0 Å². The van der Waals surface area contributed by atoms with E-state index in [9.17, 15) is 24.3 Å². The number of likely N-dealkylation sites (tertiary alicyclic amines) is 1. The smallest absolute Gasteiger partial charge is 0.450 e. The number of nitrogens with zero attached hydrogens (tertiary/aromatic N) is 1. The number of guanidine groups is 1. The molecule has 1 unspecified atom stereocenters. The first-order chi connectivity index (χ1) is 14.9. The summed E-state index contributed by atoms with van der Waals surface area (Å²) in [6, 6.07) is -3.24. The van der Waals surface area contributed by atoms with E-state index < -0.39 is 55.0 Å². The second-order valence-corrected chi connectivity index (χ2v) is 7.75. The van der Waals surface area contributed by atoms with Gasteiger partial charge in [-0.3, -0.25) is 15.0 Å². The number of carbonyl (C=O) groups is 4. The molecule has 1 aliphatic heterocycles. The SMILES string of the molecule is CC(C)COC(=O)N[C@H](COC(=O)O)C(=O)N[C@@H](C)C(=O)N[C@H]1CCCN(C(=N)N)C1O. The number of aliphatic hydroxyl groups excluding tert-OH is 1. The van der Waals surface area contributed by atoms with Crippen molar-refractivity contribution in [3.05, 3.63) is 0 Å². The van der Waals surface area contributed by atoms with Crippen LogP contribution in [0.2, 0.25) is 0 Å². The zero-order valence-electron chi connectivity index (χ0n) is 18.3. The number of rotatable bonds is 9. The zero-order valence-corrected chi connectivity index (χ0v) is 18.3. The predicted molar refractivity (Wildman–Crippen MR) is 110 cm³/mol. The monoisotopic (exact) mass is 460 g/mol. The van der Waals surface area contributed by atoms with Gasteiger partial charge in [-0.05, 0) is 25.7 Å². The van der Waals surface area contributed by atoms with Gasteiger partial charge in [-0.25, -0.2) is 9.59 Å². The minimum atomic E-state index is -1.65. The summed E-state index contributed by atoms with van der Waals surface area (Å²) in [6.07, 6.45) is -2.76. The largest absolute Gasteiger partial charge is 0.505 e. The lowest BCUT2D eigenvalue weighted by Crippen LogP contribution is -2.61. The fourth-order valence-corrected chi connectivity index (χ4v) is 2.84. The van der Waals surface area contributed by atoms with Gasteiger partial charge >= 0.3 is 12.2 Å². The van der Waals surface area contributed by atoms with E-state index in [0.717, 1.165) is 0 Å². The van der Waals surface area contributed by atoms with Crippen molar-refractivity contribution in [1.82, 2.24) is 20.9 Å². The molecule has 32 heavy (non-hydrogen) atoms. The molecule has 4 atom stereocenters. The van der Waals surface area contributed by atoms with Crippen molar-refractivity contribution >= 4 is 30.0 Å². The van der Waals surface area contributed by atoms with Gasteiger partial charge in [0.2, 0.25) is 11.8 Å². The van der Waals surface area contributed by atoms with Gasteiger partial charge in [0.15, 0.2) is 5.96 Å². The Morgan fingerprint density at radius 2 is 1.78 bits per heavy atom. The van der Waals surface area contributed by atoms with Crippen LogP contribution < -0.4 is 21.7 Å². The van der Waals surface area contributed by atoms with Gasteiger partial charge in [-0.15, -0.1) is 0 Å². The number of piperidine rings is 1. The number of aliphatic hydroxyl groups is 1. The molecule has 0 aliphatic carbocycles. The van der Waals surface area contributed by atoms with Crippen LogP contribution in [0.5, 0.6) is 0 Å². The van der Waals surface area contributed by atoms with Crippen LogP contribution in [0, 0.1) is 11.3 Å². The first-order valence-electron chi connectivity index (χ1n) is 10.1. The third kappa shape index (κ3) is 8.83. The van der Waals surface area contributed by atoms with E-state index in [4.69, 9.17) is 21.0 Å². The molecule has 0 aromatic carbocycles. The first kappa shape index (κ1) is 26.7. The standard InChI is InChI=1S/C18H32N6O8/c1-9(2)7-31-17(28)23-12(8-32-18(29)30)14(26)21-10(3)13(25)22-11-5-4-6-24(15(11)27)16(19)20/h9-12,15,27H,4-8H2,1-3H3,(H3,19,20)(H,21,26)(H,22,25)(H,23,28)(H,29,30)/t10-,11-,12+,15?/m0/s1. The lowest BCUT2D eigenvalue weighted by Gasteiger charge is -2.38. The number of nitrogens with one attached hydrogen (secondary N) is 4. The van der Waals surface area contributed by atoms with Gasteiger partial charge < -0.3 is 46.3 Å². The molecule has 8 N–H and O–H groups in total. The highest BCUT2D eigenvalue weighted by atomic mass is 16.7. The molecule has 0 aromatic rings. The molecule has 1 heterocycles. The maximum absolute atomic E-state index is 12.5. The Bertz CT molecular complexity index is 703. The van der Waals surface area contributed by atoms with Crippen LogP contribution in [0.15, 0.2) is 0 Å². The average molecular weight is 460 g/mol. The van der Waals surface area contributed by atoms with Crippen molar-refractivity contribution in [3.63, 3.8) is 0 Å². The highest BCUT2D eigenvalue weighted by Crippen LogP contribution is 2.15. The van der Waals surface area contributed by atoms with E-state index in [-0.39, 0.29) is 18.5 Å². The summed E-state index contributed by atoms with van der Waals surface area (Å²) in [5.41, 5.74) is 5.42. The van der Waals surface area contributed by atoms with Crippen LogP contribution in [0.25, 0.3) is 0 Å². The van der Waals surface area contributed by atoms with E-state index in [2.05, 4.69) is 20.7 Å². The molecule has 0 saturated carbocycles. The Kier molecular flexibility index (Phi) is 10.5. The van der Waals surface area contributed by atoms with Crippen molar-refractivity contribution < 1.29 is 38.9 Å². The predicted octanol–water partition coefficient (Wildman–Crippen LogP) is -1.27. The van der Waals surface area contributed by atoms with Crippen molar-refractivity contribution in [1.29, 1.82) is 5.41 Å². The van der Waals surface area contributed by atoms with Gasteiger partial charge in [-0.2, -0.15) is 0 Å². The van der Waals surface area contributed by atoms with Crippen molar-refractivity contribution in [3.8, 4) is 0 Å². The zero-order chi connectivity index (χ0) is 24.4. The number of carbonyl (C=O) groups excluding carboxylic acids is 3. The first-order valence-corrected chi connectivity index (χ1v) is 10.1. The topological polar surface area (TPSA) is 216 Å². The van der Waals surface area contributed by atoms with Crippen LogP contribution in [0.4, 0.5) is 9.59 Å². The van der Waals surface area contributed by atoms with E-state index in [0.29, 0.717) is 19.4 Å². The lowest BCUT2D eigenvalue weighted by molar-refractivity contribution is -0.131. The molecule has 14 nitrogen and oxygen atoms in total. The van der Waals surface area contributed by atoms with E-state index in [1.54, 1.807) is 0 Å². The van der Waals surface area contributed by atoms with Gasteiger partial charge in [0.05, 0.1) is 12.6 Å². The van der Waals surface area contributed by atoms with E-state index in [1.807, 2.05) is 13.8 Å². The van der Waals surface area contributed by atoms with Crippen LogP contribution >= 0.6 is 0 Å². The number of alkyl carbamates (subject to hydrolysis) is 1. The molecule has 0 bridgehead atoms. The number of amides is 3. The molecule has 0 aromatic heterocycles. The summed E-state index contributed by atoms with van der Waals surface area (Å²) in [5, 5.41) is 33.6. The van der Waals surface area contributed by atoms with Crippen molar-refractivity contribution in [2.75, 3.05) is 19.8 Å². The van der Waals surface area contributed by atoms with Crippen LogP contribution in [0.1, 0.15) is 33.6 Å². The summed E-state index contributed by atoms with van der Waals surface area (Å²) in [5.74, 6) is -1.78. The average Bonchev–Trinajstić information content (AvgIpc) is 2.70. The summed E-state index contributed by atoms with van der Waals surface area (Å²) >= 11 is 0. The van der Waals surface area contributed by atoms with Crippen molar-refractivity contribution in [2.45, 2.75) is 58.0 Å². The summed E-state index contributed by atoms with van der Waals surface area (Å²) in [7, 11) is 0. The molecule has 1 aliphatic rings. The number of hydrogen-bond acceptors (Lipinski definition) is 8. The molecule has 14 heteroatoms. The molecule has 3 amide bonds. The maximum atomic E-state index is 12.5. The number of hydrogen-bond donors (Lipinski definition) is 7. The lowest BCUT2D eigenvalue weighted by atomic mass is 10.0. The Labute approximate surface area is 185 Å². The highest BCUT2D eigenvalue weighted by molar-refractivity contribution is 5.91. The molecule has 0 spiro atoms. The van der Waals surface area contributed by atoms with Gasteiger partial charge in [0, 0.05) is 6.54 Å². The van der Waals surface area contributed by atoms with Crippen LogP contribution in [-0.4, -0.2) is 89.2 Å². The maximum Gasteiger partial charge on any atom is 0.505 e. The fourth-order valence-electron chi connectivity index (χ4n) is 2.84. The highest BCUT2D eigenvalue weighted by Gasteiger charge is 2.33. The second-order valence-electron chi connectivity index (χ2n) is 7.75. The molecular weight excluding hydrogens is 428 g/mol. The third-order valence-electron chi connectivity index (χ3n) is 4.51. The Morgan fingerprint density at radius 3 is 2.34 bits per heavy atom. The summed E-state index contributed by atoms with van der Waals surface area (Å²) in [6.45, 7) is 4.76. The molecule has 1 saturated heterocycles. The molecule has 1 rings (SSSR count). The third-order valence-corrected chi connectivity index (χ3v) is 4.51. The second kappa shape index (κ2) is 12.5. The number of nitrogens with two attached hydrogens (primary N) is 1. The Morgan fingerprint density at radius 1 is 1.12 bits per heavy atom. The number of carboxylic acid groups (broad SMARTS) is 1. The number of ether oxygens (including phenoxy) is 2. The normalized spacial score (nSPS) is 20.0. The summed E-state index contributed by atoms with van der Waals surface area (Å²) in [4.78, 5) is 48.8. The van der Waals surface area contributed by atoms with Gasteiger partial charge in [0.25, 0.3) is 0 Å². The Hall–Kier alpha value is -3.29. The van der Waals surface area contributed by atoms with Crippen molar-refractivity contribution in [2.24, 2.45) is 11.7 Å². The fraction of sp³-hybridized carbons (Fsp3) is 0.722. The summed E-state index contributed by atoms with van der Waals surface area (Å²) < 4.78 is 9.29. The van der Waals surface area contributed by atoms with E-state index >= 15 is 0 Å². The minimum absolute atomic E-state index is 0.0427. The molecule has 0 radical (unpaired) electrons. The van der Waals surface area contributed by atoms with E-state index in [1.165, 1.54) is 11.8 Å². The molecule has 182 valence electrons.